The molecule has 0 fully saturated rings. The summed E-state index contributed by atoms with van der Waals surface area (Å²) in [4.78, 5) is 0.616. The van der Waals surface area contributed by atoms with Crippen molar-refractivity contribution >= 4 is 23.4 Å². The number of hydrogen-bond acceptors (Lipinski definition) is 1. The summed E-state index contributed by atoms with van der Waals surface area (Å²) in [7, 11) is 0. The zero-order valence-corrected chi connectivity index (χ0v) is 7.50. The van der Waals surface area contributed by atoms with Crippen molar-refractivity contribution in [2.45, 2.75) is 4.90 Å². The first-order valence-corrected chi connectivity index (χ1v) is 4.33. The summed E-state index contributed by atoms with van der Waals surface area (Å²) in [5.41, 5.74) is 0. The Labute approximate surface area is 78.2 Å². The van der Waals surface area contributed by atoms with E-state index in [0.717, 1.165) is 0 Å². The molecule has 0 amide bonds. The third-order valence-corrected chi connectivity index (χ3v) is 2.24. The minimum Gasteiger partial charge on any atom is -0.195 e. The van der Waals surface area contributed by atoms with Crippen molar-refractivity contribution in [1.82, 2.24) is 0 Å². The van der Waals surface area contributed by atoms with E-state index in [4.69, 9.17) is 11.6 Å². The van der Waals surface area contributed by atoms with Crippen molar-refractivity contribution in [2.24, 2.45) is 0 Å². The average Bonchev–Trinajstić information content (AvgIpc) is 2.06. The summed E-state index contributed by atoms with van der Waals surface area (Å²) < 4.78 is 24.6. The average molecular weight is 207 g/mol. The number of halogens is 3. The van der Waals surface area contributed by atoms with Gasteiger partial charge in [0.05, 0.1) is 0 Å². The summed E-state index contributed by atoms with van der Waals surface area (Å²) in [5, 5.41) is -2.31. The van der Waals surface area contributed by atoms with Gasteiger partial charge in [0.1, 0.15) is 0 Å². The SMILES string of the molecule is F/C(Cl)=C(/F)Sc1ccccc1. The van der Waals surface area contributed by atoms with Crippen molar-refractivity contribution < 1.29 is 8.78 Å². The molecule has 0 atom stereocenters. The molecule has 0 N–H and O–H groups in total. The maximum Gasteiger partial charge on any atom is 0.231 e. The van der Waals surface area contributed by atoms with E-state index in [9.17, 15) is 8.78 Å². The lowest BCUT2D eigenvalue weighted by atomic mass is 10.4. The summed E-state index contributed by atoms with van der Waals surface area (Å²) in [6.07, 6.45) is 0. The normalized spacial score (nSPS) is 12.6. The molecule has 0 saturated heterocycles. The molecule has 0 aliphatic carbocycles. The summed E-state index contributed by atoms with van der Waals surface area (Å²) in [6, 6.07) is 8.61. The Morgan fingerprint density at radius 3 is 2.25 bits per heavy atom. The highest BCUT2D eigenvalue weighted by Gasteiger charge is 2.04. The zero-order chi connectivity index (χ0) is 8.97. The lowest BCUT2D eigenvalue weighted by molar-refractivity contribution is 0.613. The van der Waals surface area contributed by atoms with Gasteiger partial charge in [-0.05, 0) is 23.7 Å². The molecule has 0 radical (unpaired) electrons. The molecule has 0 bridgehead atoms. The van der Waals surface area contributed by atoms with Gasteiger partial charge in [0.15, 0.2) is 0 Å². The van der Waals surface area contributed by atoms with E-state index in [1.807, 2.05) is 0 Å². The fraction of sp³-hybridized carbons (Fsp3) is 0. The fourth-order valence-electron chi connectivity index (χ4n) is 0.631. The predicted octanol–water partition coefficient (Wildman–Crippen LogP) is 4.08. The molecule has 0 aliphatic heterocycles. The van der Waals surface area contributed by atoms with Crippen LogP contribution in [0.5, 0.6) is 0 Å². The Kier molecular flexibility index (Phi) is 3.56. The molecule has 12 heavy (non-hydrogen) atoms. The molecule has 0 saturated carbocycles. The Balaban J connectivity index is 2.72. The zero-order valence-electron chi connectivity index (χ0n) is 5.93. The van der Waals surface area contributed by atoms with Gasteiger partial charge in [-0.15, -0.1) is 0 Å². The van der Waals surface area contributed by atoms with Gasteiger partial charge in [0.25, 0.3) is 0 Å². The van der Waals surface area contributed by atoms with E-state index in [1.54, 1.807) is 30.3 Å². The minimum atomic E-state index is -1.30. The highest BCUT2D eigenvalue weighted by molar-refractivity contribution is 8.03. The van der Waals surface area contributed by atoms with Crippen LogP contribution in [0, 0.1) is 0 Å². The van der Waals surface area contributed by atoms with Crippen molar-refractivity contribution in [2.75, 3.05) is 0 Å². The van der Waals surface area contributed by atoms with Gasteiger partial charge in [-0.2, -0.15) is 8.78 Å². The summed E-state index contributed by atoms with van der Waals surface area (Å²) in [6.45, 7) is 0. The standard InChI is InChI=1S/C8H5ClF2S/c9-7(10)8(11)12-6-4-2-1-3-5-6/h1-5H/b8-7-. The van der Waals surface area contributed by atoms with E-state index in [2.05, 4.69) is 0 Å². The third-order valence-electron chi connectivity index (χ3n) is 1.10. The second-order valence-electron chi connectivity index (χ2n) is 1.95. The first-order chi connectivity index (χ1) is 5.70. The molecular formula is C8H5ClF2S. The summed E-state index contributed by atoms with van der Waals surface area (Å²) in [5.74, 6) is 0. The van der Waals surface area contributed by atoms with E-state index >= 15 is 0 Å². The van der Waals surface area contributed by atoms with Crippen LogP contribution in [0.3, 0.4) is 0 Å². The molecule has 4 heteroatoms. The molecular weight excluding hydrogens is 202 g/mol. The number of rotatable bonds is 2. The van der Waals surface area contributed by atoms with Crippen molar-refractivity contribution in [3.63, 3.8) is 0 Å². The molecule has 1 rings (SSSR count). The first kappa shape index (κ1) is 9.55. The van der Waals surface area contributed by atoms with Crippen LogP contribution in [0.25, 0.3) is 0 Å². The third kappa shape index (κ3) is 2.83. The van der Waals surface area contributed by atoms with Crippen molar-refractivity contribution in [3.05, 3.63) is 40.8 Å². The molecule has 1 aromatic rings. The van der Waals surface area contributed by atoms with Gasteiger partial charge in [0, 0.05) is 4.90 Å². The van der Waals surface area contributed by atoms with Gasteiger partial charge in [0.2, 0.25) is 10.4 Å². The number of hydrogen-bond donors (Lipinski definition) is 0. The molecule has 1 aromatic carbocycles. The van der Waals surface area contributed by atoms with Crippen LogP contribution >= 0.6 is 23.4 Å². The fourth-order valence-corrected chi connectivity index (χ4v) is 1.32. The highest BCUT2D eigenvalue weighted by atomic mass is 35.5. The molecule has 64 valence electrons. The van der Waals surface area contributed by atoms with Crippen LogP contribution in [0.4, 0.5) is 8.78 Å². The Morgan fingerprint density at radius 1 is 1.17 bits per heavy atom. The second kappa shape index (κ2) is 4.48. The Morgan fingerprint density at radius 2 is 1.75 bits per heavy atom. The topological polar surface area (TPSA) is 0 Å². The van der Waals surface area contributed by atoms with Crippen LogP contribution in [-0.2, 0) is 0 Å². The molecule has 0 aliphatic rings. The van der Waals surface area contributed by atoms with E-state index in [1.165, 1.54) is 0 Å². The van der Waals surface area contributed by atoms with Gasteiger partial charge in [-0.3, -0.25) is 0 Å². The van der Waals surface area contributed by atoms with Gasteiger partial charge in [-0.1, -0.05) is 30.0 Å². The lowest BCUT2D eigenvalue weighted by Crippen LogP contribution is -1.70. The molecule has 0 heterocycles. The second-order valence-corrected chi connectivity index (χ2v) is 3.32. The van der Waals surface area contributed by atoms with E-state index in [-0.39, 0.29) is 0 Å². The van der Waals surface area contributed by atoms with E-state index < -0.39 is 10.4 Å². The molecule has 0 spiro atoms. The molecule has 0 aromatic heterocycles. The Bertz CT molecular complexity index is 280. The summed E-state index contributed by atoms with van der Waals surface area (Å²) >= 11 is 5.45. The van der Waals surface area contributed by atoms with Crippen molar-refractivity contribution in [1.29, 1.82) is 0 Å². The van der Waals surface area contributed by atoms with Crippen molar-refractivity contribution in [3.8, 4) is 0 Å². The van der Waals surface area contributed by atoms with Crippen LogP contribution in [0.2, 0.25) is 0 Å². The highest BCUT2D eigenvalue weighted by Crippen LogP contribution is 2.31. The monoisotopic (exact) mass is 206 g/mol. The minimum absolute atomic E-state index is 0.616. The lowest BCUT2D eigenvalue weighted by Gasteiger charge is -1.95. The van der Waals surface area contributed by atoms with Crippen LogP contribution in [-0.4, -0.2) is 0 Å². The predicted molar refractivity (Wildman–Crippen MR) is 47.4 cm³/mol. The van der Waals surface area contributed by atoms with E-state index in [0.29, 0.717) is 16.7 Å². The maximum atomic E-state index is 12.5. The van der Waals surface area contributed by atoms with Gasteiger partial charge < -0.3 is 0 Å². The van der Waals surface area contributed by atoms with Crippen LogP contribution in [0.15, 0.2) is 45.7 Å². The molecule has 0 unspecified atom stereocenters. The number of benzene rings is 1. The molecule has 0 nitrogen and oxygen atoms in total. The first-order valence-electron chi connectivity index (χ1n) is 3.14. The van der Waals surface area contributed by atoms with Gasteiger partial charge in [-0.25, -0.2) is 0 Å². The Hall–Kier alpha value is -0.540. The largest absolute Gasteiger partial charge is 0.231 e. The maximum absolute atomic E-state index is 12.5. The smallest absolute Gasteiger partial charge is 0.195 e. The van der Waals surface area contributed by atoms with Gasteiger partial charge >= 0.3 is 0 Å². The quantitative estimate of drug-likeness (QED) is 0.657. The van der Waals surface area contributed by atoms with Crippen LogP contribution < -0.4 is 0 Å². The number of thioether (sulfide) groups is 1. The van der Waals surface area contributed by atoms with Crippen LogP contribution in [0.1, 0.15) is 0 Å².